The molecule has 2 aromatic rings. The van der Waals surface area contributed by atoms with Crippen LogP contribution in [0.25, 0.3) is 0 Å². The zero-order valence-corrected chi connectivity index (χ0v) is 21.2. The first-order valence-corrected chi connectivity index (χ1v) is 10.7. The molecule has 0 atom stereocenters. The van der Waals surface area contributed by atoms with Gasteiger partial charge in [-0.2, -0.15) is 0 Å². The maximum Gasteiger partial charge on any atom is 0.203 e. The molecular formula is C24H35Cl2FN2O4. The summed E-state index contributed by atoms with van der Waals surface area (Å²) in [4.78, 5) is 4.93. The van der Waals surface area contributed by atoms with E-state index in [4.69, 9.17) is 18.9 Å². The number of ether oxygens (including phenoxy) is 4. The smallest absolute Gasteiger partial charge is 0.203 e. The van der Waals surface area contributed by atoms with Gasteiger partial charge >= 0.3 is 0 Å². The zero-order valence-electron chi connectivity index (χ0n) is 19.5. The summed E-state index contributed by atoms with van der Waals surface area (Å²) in [7, 11) is 4.91. The Balaban J connectivity index is 0.00000272. The summed E-state index contributed by atoms with van der Waals surface area (Å²) in [5.41, 5.74) is 1.19. The van der Waals surface area contributed by atoms with Gasteiger partial charge in [-0.1, -0.05) is 0 Å². The van der Waals surface area contributed by atoms with Crippen LogP contribution in [0.4, 0.5) is 4.39 Å². The van der Waals surface area contributed by atoms with Gasteiger partial charge in [0, 0.05) is 32.7 Å². The van der Waals surface area contributed by atoms with E-state index in [1.807, 2.05) is 12.1 Å². The number of methoxy groups -OCH3 is 3. The molecule has 33 heavy (non-hydrogen) atoms. The highest BCUT2D eigenvalue weighted by Gasteiger charge is 2.17. The van der Waals surface area contributed by atoms with Crippen LogP contribution >= 0.6 is 24.8 Å². The lowest BCUT2D eigenvalue weighted by Gasteiger charge is -2.34. The molecule has 0 spiro atoms. The molecule has 1 aliphatic heterocycles. The third kappa shape index (κ3) is 8.74. The maximum atomic E-state index is 12.9. The summed E-state index contributed by atoms with van der Waals surface area (Å²) in [6.45, 7) is 6.77. The van der Waals surface area contributed by atoms with Gasteiger partial charge in [-0.15, -0.1) is 24.8 Å². The van der Waals surface area contributed by atoms with E-state index in [-0.39, 0.29) is 30.6 Å². The summed E-state index contributed by atoms with van der Waals surface area (Å²) < 4.78 is 34.9. The van der Waals surface area contributed by atoms with E-state index in [1.165, 1.54) is 17.7 Å². The minimum atomic E-state index is -0.242. The third-order valence-electron chi connectivity index (χ3n) is 5.62. The second-order valence-corrected chi connectivity index (χ2v) is 7.62. The molecule has 0 aromatic heterocycles. The first-order valence-electron chi connectivity index (χ1n) is 10.7. The van der Waals surface area contributed by atoms with Crippen molar-refractivity contribution in [1.29, 1.82) is 0 Å². The zero-order chi connectivity index (χ0) is 22.1. The Bertz CT molecular complexity index is 794. The van der Waals surface area contributed by atoms with Crippen molar-refractivity contribution in [1.82, 2.24) is 9.80 Å². The minimum absolute atomic E-state index is 0. The van der Waals surface area contributed by atoms with Gasteiger partial charge in [0.2, 0.25) is 5.75 Å². The second kappa shape index (κ2) is 15.1. The summed E-state index contributed by atoms with van der Waals surface area (Å²) >= 11 is 0. The molecule has 2 aromatic carbocycles. The SMILES string of the molecule is COc1cc(CCCN2CCN(CCOc3ccc(F)cc3)CC2)cc(OC)c1OC.Cl.Cl. The largest absolute Gasteiger partial charge is 0.493 e. The highest BCUT2D eigenvalue weighted by molar-refractivity contribution is 5.85. The highest BCUT2D eigenvalue weighted by Crippen LogP contribution is 2.38. The average Bonchev–Trinajstić information content (AvgIpc) is 2.80. The summed E-state index contributed by atoms with van der Waals surface area (Å²) in [5, 5.41) is 0. The van der Waals surface area contributed by atoms with E-state index >= 15 is 0 Å². The molecule has 186 valence electrons. The van der Waals surface area contributed by atoms with E-state index in [1.54, 1.807) is 33.5 Å². The van der Waals surface area contributed by atoms with Crippen LogP contribution in [-0.4, -0.2) is 77.0 Å². The standard InChI is InChI=1S/C24H33FN2O4.2ClH/c1-28-22-17-19(18-23(29-2)24(22)30-3)5-4-10-26-11-13-27(14-12-26)15-16-31-21-8-6-20(25)7-9-21;;/h6-9,17-18H,4-5,10-16H2,1-3H3;2*1H. The Hall–Kier alpha value is -1.93. The van der Waals surface area contributed by atoms with Crippen molar-refractivity contribution in [3.63, 3.8) is 0 Å². The van der Waals surface area contributed by atoms with Crippen LogP contribution in [0.2, 0.25) is 0 Å². The normalized spacial score (nSPS) is 14.1. The maximum absolute atomic E-state index is 12.9. The van der Waals surface area contributed by atoms with Crippen molar-refractivity contribution in [2.75, 3.05) is 67.2 Å². The Morgan fingerprint density at radius 2 is 1.33 bits per heavy atom. The molecule has 1 saturated heterocycles. The quantitative estimate of drug-likeness (QED) is 0.453. The van der Waals surface area contributed by atoms with Crippen molar-refractivity contribution in [2.24, 2.45) is 0 Å². The molecule has 1 aliphatic rings. The van der Waals surface area contributed by atoms with Gasteiger partial charge in [-0.25, -0.2) is 4.39 Å². The fourth-order valence-electron chi connectivity index (χ4n) is 3.85. The average molecular weight is 505 g/mol. The molecule has 1 heterocycles. The van der Waals surface area contributed by atoms with Crippen LogP contribution in [0, 0.1) is 5.82 Å². The van der Waals surface area contributed by atoms with E-state index in [0.717, 1.165) is 52.1 Å². The molecule has 0 N–H and O–H groups in total. The van der Waals surface area contributed by atoms with Gasteiger partial charge < -0.3 is 23.8 Å². The van der Waals surface area contributed by atoms with Crippen molar-refractivity contribution in [3.8, 4) is 23.0 Å². The van der Waals surface area contributed by atoms with E-state index in [9.17, 15) is 4.39 Å². The van der Waals surface area contributed by atoms with Gasteiger partial charge in [0.15, 0.2) is 11.5 Å². The molecular weight excluding hydrogens is 470 g/mol. The van der Waals surface area contributed by atoms with Crippen LogP contribution in [-0.2, 0) is 6.42 Å². The lowest BCUT2D eigenvalue weighted by molar-refractivity contribution is 0.116. The molecule has 0 saturated carbocycles. The van der Waals surface area contributed by atoms with Gasteiger partial charge in [-0.3, -0.25) is 4.90 Å². The first kappa shape index (κ1) is 29.1. The second-order valence-electron chi connectivity index (χ2n) is 7.62. The topological polar surface area (TPSA) is 43.4 Å². The summed E-state index contributed by atoms with van der Waals surface area (Å²) in [5.74, 6) is 2.51. The molecule has 6 nitrogen and oxygen atoms in total. The van der Waals surface area contributed by atoms with E-state index in [0.29, 0.717) is 29.6 Å². The number of nitrogens with zero attached hydrogens (tertiary/aromatic N) is 2. The molecule has 1 fully saturated rings. The van der Waals surface area contributed by atoms with Crippen molar-refractivity contribution >= 4 is 24.8 Å². The molecule has 0 aliphatic carbocycles. The molecule has 9 heteroatoms. The van der Waals surface area contributed by atoms with Crippen molar-refractivity contribution in [2.45, 2.75) is 12.8 Å². The Labute approximate surface area is 208 Å². The predicted molar refractivity (Wildman–Crippen MR) is 134 cm³/mol. The molecule has 0 radical (unpaired) electrons. The Morgan fingerprint density at radius 3 is 1.85 bits per heavy atom. The number of hydrogen-bond acceptors (Lipinski definition) is 6. The fourth-order valence-corrected chi connectivity index (χ4v) is 3.85. The van der Waals surface area contributed by atoms with Gasteiger partial charge in [0.05, 0.1) is 21.3 Å². The number of benzene rings is 2. The van der Waals surface area contributed by atoms with Gasteiger partial charge in [0.1, 0.15) is 18.2 Å². The Kier molecular flexibility index (Phi) is 13.3. The number of hydrogen-bond donors (Lipinski definition) is 0. The molecule has 0 amide bonds. The molecule has 3 rings (SSSR count). The number of halogens is 3. The van der Waals surface area contributed by atoms with Gasteiger partial charge in [-0.05, 0) is 61.3 Å². The first-order chi connectivity index (χ1) is 15.1. The predicted octanol–water partition coefficient (Wildman–Crippen LogP) is 4.32. The van der Waals surface area contributed by atoms with Crippen LogP contribution < -0.4 is 18.9 Å². The lowest BCUT2D eigenvalue weighted by Crippen LogP contribution is -2.47. The Morgan fingerprint density at radius 1 is 0.788 bits per heavy atom. The highest BCUT2D eigenvalue weighted by atomic mass is 35.5. The van der Waals surface area contributed by atoms with E-state index in [2.05, 4.69) is 9.80 Å². The lowest BCUT2D eigenvalue weighted by atomic mass is 10.1. The van der Waals surface area contributed by atoms with Crippen LogP contribution in [0.1, 0.15) is 12.0 Å². The molecule has 0 bridgehead atoms. The number of aryl methyl sites for hydroxylation is 1. The minimum Gasteiger partial charge on any atom is -0.493 e. The number of piperazine rings is 1. The summed E-state index contributed by atoms with van der Waals surface area (Å²) in [6.07, 6.45) is 2.04. The third-order valence-corrected chi connectivity index (χ3v) is 5.62. The number of rotatable bonds is 11. The van der Waals surface area contributed by atoms with Crippen molar-refractivity contribution < 1.29 is 23.3 Å². The van der Waals surface area contributed by atoms with Crippen LogP contribution in [0.15, 0.2) is 36.4 Å². The fraction of sp³-hybridized carbons (Fsp3) is 0.500. The van der Waals surface area contributed by atoms with Crippen LogP contribution in [0.5, 0.6) is 23.0 Å². The van der Waals surface area contributed by atoms with Gasteiger partial charge in [0.25, 0.3) is 0 Å². The monoisotopic (exact) mass is 504 g/mol. The summed E-state index contributed by atoms with van der Waals surface area (Å²) in [6, 6.07) is 10.2. The van der Waals surface area contributed by atoms with E-state index < -0.39 is 0 Å². The van der Waals surface area contributed by atoms with Crippen LogP contribution in [0.3, 0.4) is 0 Å². The van der Waals surface area contributed by atoms with Crippen molar-refractivity contribution in [3.05, 3.63) is 47.8 Å². The molecule has 0 unspecified atom stereocenters.